The fraction of sp³-hybridized carbons (Fsp3) is 0.357. The highest BCUT2D eigenvalue weighted by Gasteiger charge is 2.19. The van der Waals surface area contributed by atoms with Gasteiger partial charge < -0.3 is 0 Å². The van der Waals surface area contributed by atoms with Crippen molar-refractivity contribution in [3.8, 4) is 0 Å². The van der Waals surface area contributed by atoms with Gasteiger partial charge in [0.15, 0.2) is 0 Å². The molecule has 0 spiro atoms. The molecule has 0 atom stereocenters. The molecule has 2 aromatic rings. The number of nitrogens with zero attached hydrogens (tertiary/aromatic N) is 1. The van der Waals surface area contributed by atoms with Crippen LogP contribution in [-0.2, 0) is 18.7 Å². The maximum atomic E-state index is 6.31. The Morgan fingerprint density at radius 1 is 1.11 bits per heavy atom. The molecule has 1 aromatic carbocycles. The molecule has 0 radical (unpaired) electrons. The SMILES string of the molecule is ClCc1c2c(nc3cc(Cl)cc(Cl)c13)CCCC2. The van der Waals surface area contributed by atoms with E-state index in [2.05, 4.69) is 0 Å². The molecule has 1 aliphatic carbocycles. The number of rotatable bonds is 1. The topological polar surface area (TPSA) is 12.9 Å². The van der Waals surface area contributed by atoms with E-state index >= 15 is 0 Å². The molecule has 0 bridgehead atoms. The predicted octanol–water partition coefficient (Wildman–Crippen LogP) is 5.16. The summed E-state index contributed by atoms with van der Waals surface area (Å²) in [5.74, 6) is 0.475. The minimum absolute atomic E-state index is 0.475. The van der Waals surface area contributed by atoms with E-state index in [9.17, 15) is 0 Å². The molecular formula is C14H12Cl3N. The highest BCUT2D eigenvalue weighted by atomic mass is 35.5. The van der Waals surface area contributed by atoms with E-state index in [0.29, 0.717) is 15.9 Å². The first-order chi connectivity index (χ1) is 8.70. The minimum Gasteiger partial charge on any atom is -0.252 e. The standard InChI is InChI=1S/C14H12Cl3N/c15-7-10-9-3-1-2-4-12(9)18-13-6-8(16)5-11(17)14(10)13/h5-6H,1-4,7H2. The summed E-state index contributed by atoms with van der Waals surface area (Å²) in [6, 6.07) is 3.63. The molecule has 0 aliphatic heterocycles. The van der Waals surface area contributed by atoms with Gasteiger partial charge in [-0.1, -0.05) is 23.2 Å². The number of hydrogen-bond donors (Lipinski definition) is 0. The third-order valence-electron chi connectivity index (χ3n) is 3.53. The number of fused-ring (bicyclic) bond motifs is 2. The van der Waals surface area contributed by atoms with Crippen LogP contribution in [0.4, 0.5) is 0 Å². The van der Waals surface area contributed by atoms with Gasteiger partial charge in [-0.2, -0.15) is 0 Å². The first-order valence-electron chi connectivity index (χ1n) is 6.06. The van der Waals surface area contributed by atoms with Crippen molar-refractivity contribution in [3.63, 3.8) is 0 Å². The molecule has 4 heteroatoms. The smallest absolute Gasteiger partial charge is 0.0738 e. The van der Waals surface area contributed by atoms with Crippen molar-refractivity contribution >= 4 is 45.7 Å². The Hall–Kier alpha value is -0.500. The Bertz CT molecular complexity index is 622. The van der Waals surface area contributed by atoms with Crippen LogP contribution < -0.4 is 0 Å². The molecule has 1 aliphatic rings. The summed E-state index contributed by atoms with van der Waals surface area (Å²) in [5, 5.41) is 2.24. The third-order valence-corrected chi connectivity index (χ3v) is 4.31. The molecule has 0 saturated carbocycles. The molecule has 94 valence electrons. The molecule has 0 amide bonds. The number of benzene rings is 1. The fourth-order valence-corrected chi connectivity index (χ4v) is 3.62. The van der Waals surface area contributed by atoms with E-state index in [1.165, 1.54) is 24.1 Å². The van der Waals surface area contributed by atoms with Gasteiger partial charge in [0, 0.05) is 22.0 Å². The minimum atomic E-state index is 0.475. The summed E-state index contributed by atoms with van der Waals surface area (Å²) in [4.78, 5) is 4.72. The second-order valence-electron chi connectivity index (χ2n) is 4.64. The van der Waals surface area contributed by atoms with Crippen LogP contribution in [0.2, 0.25) is 10.0 Å². The van der Waals surface area contributed by atoms with Gasteiger partial charge in [0.1, 0.15) is 0 Å². The lowest BCUT2D eigenvalue weighted by Gasteiger charge is -2.20. The Balaban J connectivity index is 2.40. The van der Waals surface area contributed by atoms with Crippen LogP contribution in [-0.4, -0.2) is 4.98 Å². The van der Waals surface area contributed by atoms with Crippen molar-refractivity contribution < 1.29 is 0 Å². The van der Waals surface area contributed by atoms with E-state index in [1.54, 1.807) is 6.07 Å². The van der Waals surface area contributed by atoms with Crippen LogP contribution in [0.15, 0.2) is 12.1 Å². The average molecular weight is 301 g/mol. The molecule has 1 nitrogen and oxygen atoms in total. The number of aromatic nitrogens is 1. The summed E-state index contributed by atoms with van der Waals surface area (Å²) < 4.78 is 0. The van der Waals surface area contributed by atoms with Crippen molar-refractivity contribution in [2.24, 2.45) is 0 Å². The summed E-state index contributed by atoms with van der Waals surface area (Å²) in [6.45, 7) is 0. The molecule has 0 fully saturated rings. The highest BCUT2D eigenvalue weighted by molar-refractivity contribution is 6.39. The van der Waals surface area contributed by atoms with E-state index in [4.69, 9.17) is 39.8 Å². The lowest BCUT2D eigenvalue weighted by Crippen LogP contribution is -2.09. The van der Waals surface area contributed by atoms with Crippen LogP contribution in [0.5, 0.6) is 0 Å². The number of alkyl halides is 1. The maximum absolute atomic E-state index is 6.31. The molecule has 0 N–H and O–H groups in total. The summed E-state index contributed by atoms with van der Waals surface area (Å²) in [6.07, 6.45) is 4.48. The van der Waals surface area contributed by atoms with Crippen LogP contribution in [0, 0.1) is 0 Å². The lowest BCUT2D eigenvalue weighted by molar-refractivity contribution is 0.667. The number of aryl methyl sites for hydroxylation is 1. The monoisotopic (exact) mass is 299 g/mol. The molecular weight excluding hydrogens is 289 g/mol. The van der Waals surface area contributed by atoms with Crippen LogP contribution in [0.25, 0.3) is 10.9 Å². The van der Waals surface area contributed by atoms with Gasteiger partial charge in [-0.15, -0.1) is 11.6 Å². The zero-order valence-electron chi connectivity index (χ0n) is 9.77. The first-order valence-corrected chi connectivity index (χ1v) is 7.35. The fourth-order valence-electron chi connectivity index (χ4n) is 2.73. The van der Waals surface area contributed by atoms with E-state index in [-0.39, 0.29) is 0 Å². The Morgan fingerprint density at radius 3 is 2.67 bits per heavy atom. The van der Waals surface area contributed by atoms with Gasteiger partial charge in [-0.3, -0.25) is 4.98 Å². The van der Waals surface area contributed by atoms with Crippen molar-refractivity contribution in [2.75, 3.05) is 0 Å². The van der Waals surface area contributed by atoms with Gasteiger partial charge in [0.2, 0.25) is 0 Å². The molecule has 3 rings (SSSR count). The van der Waals surface area contributed by atoms with Crippen molar-refractivity contribution in [2.45, 2.75) is 31.6 Å². The van der Waals surface area contributed by atoms with Gasteiger partial charge in [0.25, 0.3) is 0 Å². The largest absolute Gasteiger partial charge is 0.252 e. The second kappa shape index (κ2) is 4.88. The molecule has 18 heavy (non-hydrogen) atoms. The van der Waals surface area contributed by atoms with Gasteiger partial charge in [-0.05, 0) is 48.9 Å². The first kappa shape index (κ1) is 12.5. The van der Waals surface area contributed by atoms with Gasteiger partial charge >= 0.3 is 0 Å². The Morgan fingerprint density at radius 2 is 1.89 bits per heavy atom. The number of pyridine rings is 1. The van der Waals surface area contributed by atoms with Crippen LogP contribution in [0.3, 0.4) is 0 Å². The van der Waals surface area contributed by atoms with Crippen LogP contribution in [0.1, 0.15) is 29.7 Å². The predicted molar refractivity (Wildman–Crippen MR) is 78.0 cm³/mol. The van der Waals surface area contributed by atoms with Crippen molar-refractivity contribution in [1.82, 2.24) is 4.98 Å². The Kier molecular flexibility index (Phi) is 3.40. The summed E-state index contributed by atoms with van der Waals surface area (Å²) >= 11 is 18.5. The van der Waals surface area contributed by atoms with Gasteiger partial charge in [-0.25, -0.2) is 0 Å². The van der Waals surface area contributed by atoms with E-state index < -0.39 is 0 Å². The van der Waals surface area contributed by atoms with Crippen LogP contribution >= 0.6 is 34.8 Å². The van der Waals surface area contributed by atoms with Crippen molar-refractivity contribution in [1.29, 1.82) is 0 Å². The number of halogens is 3. The molecule has 1 heterocycles. The molecule has 0 unspecified atom stereocenters. The number of hydrogen-bond acceptors (Lipinski definition) is 1. The highest BCUT2D eigenvalue weighted by Crippen LogP contribution is 2.35. The molecule has 1 aromatic heterocycles. The lowest BCUT2D eigenvalue weighted by atomic mass is 9.90. The summed E-state index contributed by atoms with van der Waals surface area (Å²) in [5.41, 5.74) is 4.47. The van der Waals surface area contributed by atoms with E-state index in [0.717, 1.165) is 29.3 Å². The zero-order chi connectivity index (χ0) is 12.7. The Labute approximate surface area is 121 Å². The summed E-state index contributed by atoms with van der Waals surface area (Å²) in [7, 11) is 0. The normalized spacial score (nSPS) is 14.8. The quantitative estimate of drug-likeness (QED) is 0.663. The maximum Gasteiger partial charge on any atom is 0.0738 e. The average Bonchev–Trinajstić information content (AvgIpc) is 2.35. The van der Waals surface area contributed by atoms with Gasteiger partial charge in [0.05, 0.1) is 10.5 Å². The van der Waals surface area contributed by atoms with E-state index in [1.807, 2.05) is 6.07 Å². The molecule has 0 saturated heterocycles. The van der Waals surface area contributed by atoms with Crippen molar-refractivity contribution in [3.05, 3.63) is 39.0 Å². The zero-order valence-corrected chi connectivity index (χ0v) is 12.0. The second-order valence-corrected chi connectivity index (χ2v) is 5.75. The third kappa shape index (κ3) is 1.99.